The minimum Gasteiger partial charge on any atom is -0.297 e. The van der Waals surface area contributed by atoms with Gasteiger partial charge in [-0.05, 0) is 103 Å². The van der Waals surface area contributed by atoms with Crippen molar-refractivity contribution in [3.63, 3.8) is 0 Å². The lowest BCUT2D eigenvalue weighted by molar-refractivity contribution is 0.717. The molecule has 0 spiro atoms. The van der Waals surface area contributed by atoms with Crippen LogP contribution in [0, 0.1) is 19.8 Å². The Labute approximate surface area is 203 Å². The summed E-state index contributed by atoms with van der Waals surface area (Å²) in [6, 6.07) is 13.9. The Morgan fingerprint density at radius 1 is 0.939 bits per heavy atom. The van der Waals surface area contributed by atoms with Crippen LogP contribution in [0.2, 0.25) is 0 Å². The van der Waals surface area contributed by atoms with Gasteiger partial charge in [-0.3, -0.25) is 4.99 Å². The molecule has 0 radical (unpaired) electrons. The van der Waals surface area contributed by atoms with E-state index in [1.807, 2.05) is 7.05 Å². The average Bonchev–Trinajstić information content (AvgIpc) is 2.83. The van der Waals surface area contributed by atoms with E-state index in [1.165, 1.54) is 55.8 Å². The van der Waals surface area contributed by atoms with Gasteiger partial charge in [0.05, 0.1) is 0 Å². The molecule has 1 unspecified atom stereocenters. The van der Waals surface area contributed by atoms with Crippen LogP contribution in [0.3, 0.4) is 0 Å². The summed E-state index contributed by atoms with van der Waals surface area (Å²) in [6.07, 6.45) is 6.14. The quantitative estimate of drug-likeness (QED) is 0.186. The van der Waals surface area contributed by atoms with Crippen LogP contribution in [-0.4, -0.2) is 12.8 Å². The number of nitrogens with zero attached hydrogens (tertiary/aromatic N) is 1. The van der Waals surface area contributed by atoms with Gasteiger partial charge in [0.2, 0.25) is 0 Å². The van der Waals surface area contributed by atoms with Crippen LogP contribution in [-0.2, 0) is 12.8 Å². The molecule has 2 rings (SSSR count). The number of allylic oxidation sites excluding steroid dienone is 3. The van der Waals surface area contributed by atoms with Crippen molar-refractivity contribution in [1.82, 2.24) is 0 Å². The van der Waals surface area contributed by atoms with Crippen molar-refractivity contribution in [2.45, 2.75) is 87.0 Å². The van der Waals surface area contributed by atoms with E-state index in [4.69, 9.17) is 0 Å². The first kappa shape index (κ1) is 26.8. The monoisotopic (exact) mass is 443 g/mol. The Morgan fingerprint density at radius 2 is 1.61 bits per heavy atom. The van der Waals surface area contributed by atoms with E-state index in [2.05, 4.69) is 96.4 Å². The van der Waals surface area contributed by atoms with Gasteiger partial charge in [-0.1, -0.05) is 83.2 Å². The normalized spacial score (nSPS) is 13.6. The highest BCUT2D eigenvalue weighted by atomic mass is 14.7. The number of aliphatic imine (C=N–C) groups is 1. The van der Waals surface area contributed by atoms with Gasteiger partial charge in [-0.2, -0.15) is 0 Å². The molecule has 0 N–H and O–H groups in total. The number of aryl methyl sites for hydroxylation is 3. The summed E-state index contributed by atoms with van der Waals surface area (Å²) in [4.78, 5) is 4.62. The van der Waals surface area contributed by atoms with E-state index in [0.717, 1.165) is 38.5 Å². The van der Waals surface area contributed by atoms with Crippen LogP contribution >= 0.6 is 0 Å². The zero-order chi connectivity index (χ0) is 24.5. The highest BCUT2D eigenvalue weighted by Gasteiger charge is 2.19. The molecule has 0 amide bonds. The molecule has 1 nitrogen and oxygen atoms in total. The maximum Gasteiger partial charge on any atom is 0.0276 e. The van der Waals surface area contributed by atoms with E-state index >= 15 is 0 Å². The van der Waals surface area contributed by atoms with Crippen molar-refractivity contribution in [3.05, 3.63) is 81.9 Å². The molecular formula is C32H45N. The minimum atomic E-state index is 0.523. The molecule has 0 heterocycles. The Bertz CT molecular complexity index is 1000. The Balaban J connectivity index is 2.67. The lowest BCUT2D eigenvalue weighted by Gasteiger charge is -2.23. The molecule has 0 saturated heterocycles. The van der Waals surface area contributed by atoms with Gasteiger partial charge >= 0.3 is 0 Å². The summed E-state index contributed by atoms with van der Waals surface area (Å²) in [7, 11) is 1.94. The predicted octanol–water partition coefficient (Wildman–Crippen LogP) is 9.20. The molecular weight excluding hydrogens is 398 g/mol. The highest BCUT2D eigenvalue weighted by Crippen LogP contribution is 2.38. The SMILES string of the molecule is C=C(CCC(=NC)C(C)CC)/C(=C(/CC)c1ccc(CC)cc1)c1cc(C)cc(CC)c1C. The summed E-state index contributed by atoms with van der Waals surface area (Å²) < 4.78 is 0. The summed E-state index contributed by atoms with van der Waals surface area (Å²) in [5.41, 5.74) is 13.5. The summed E-state index contributed by atoms with van der Waals surface area (Å²) in [5, 5.41) is 0. The van der Waals surface area contributed by atoms with Gasteiger partial charge in [0.1, 0.15) is 0 Å². The third-order valence-electron chi connectivity index (χ3n) is 7.18. The molecule has 0 saturated carbocycles. The summed E-state index contributed by atoms with van der Waals surface area (Å²) in [5.74, 6) is 0.523. The van der Waals surface area contributed by atoms with Crippen molar-refractivity contribution in [1.29, 1.82) is 0 Å². The van der Waals surface area contributed by atoms with Crippen LogP contribution in [0.4, 0.5) is 0 Å². The van der Waals surface area contributed by atoms with Crippen molar-refractivity contribution >= 4 is 16.9 Å². The maximum absolute atomic E-state index is 4.66. The number of hydrogen-bond acceptors (Lipinski definition) is 1. The fourth-order valence-corrected chi connectivity index (χ4v) is 4.81. The third-order valence-corrected chi connectivity index (χ3v) is 7.18. The second-order valence-corrected chi connectivity index (χ2v) is 9.34. The topological polar surface area (TPSA) is 12.4 Å². The van der Waals surface area contributed by atoms with Gasteiger partial charge in [0.25, 0.3) is 0 Å². The number of hydrogen-bond donors (Lipinski definition) is 0. The molecule has 0 fully saturated rings. The summed E-state index contributed by atoms with van der Waals surface area (Å²) >= 11 is 0. The zero-order valence-corrected chi connectivity index (χ0v) is 22.4. The van der Waals surface area contributed by atoms with E-state index in [9.17, 15) is 0 Å². The van der Waals surface area contributed by atoms with E-state index in [1.54, 1.807) is 0 Å². The second kappa shape index (κ2) is 12.7. The Hall–Kier alpha value is -2.41. The van der Waals surface area contributed by atoms with Crippen LogP contribution in [0.15, 0.2) is 53.5 Å². The van der Waals surface area contributed by atoms with Crippen LogP contribution in [0.1, 0.15) is 93.7 Å². The fraction of sp³-hybridized carbons (Fsp3) is 0.469. The minimum absolute atomic E-state index is 0.523. The molecule has 2 aromatic rings. The van der Waals surface area contributed by atoms with Gasteiger partial charge in [-0.25, -0.2) is 0 Å². The lowest BCUT2D eigenvalue weighted by Crippen LogP contribution is -2.11. The summed E-state index contributed by atoms with van der Waals surface area (Å²) in [6.45, 7) is 20.4. The Morgan fingerprint density at radius 3 is 2.12 bits per heavy atom. The first-order chi connectivity index (χ1) is 15.8. The predicted molar refractivity (Wildman–Crippen MR) is 149 cm³/mol. The van der Waals surface area contributed by atoms with Crippen LogP contribution in [0.25, 0.3) is 11.1 Å². The van der Waals surface area contributed by atoms with Crippen LogP contribution < -0.4 is 0 Å². The Kier molecular flexibility index (Phi) is 10.4. The van der Waals surface area contributed by atoms with Gasteiger partial charge < -0.3 is 0 Å². The van der Waals surface area contributed by atoms with Crippen molar-refractivity contribution < 1.29 is 0 Å². The molecule has 1 heteroatoms. The van der Waals surface area contributed by atoms with Crippen LogP contribution in [0.5, 0.6) is 0 Å². The molecule has 0 aliphatic rings. The molecule has 178 valence electrons. The highest BCUT2D eigenvalue weighted by molar-refractivity contribution is 5.99. The van der Waals surface area contributed by atoms with E-state index in [-0.39, 0.29) is 0 Å². The molecule has 0 aliphatic heterocycles. The van der Waals surface area contributed by atoms with Gasteiger partial charge in [0, 0.05) is 12.8 Å². The first-order valence-corrected chi connectivity index (χ1v) is 12.9. The molecule has 0 bridgehead atoms. The zero-order valence-electron chi connectivity index (χ0n) is 22.4. The first-order valence-electron chi connectivity index (χ1n) is 12.9. The standard InChI is InChI=1S/C32H45N/c1-10-23(6)31(33-9)19-14-24(7)32(30-21-22(5)20-27(12-3)25(30)8)29(13-4)28-17-15-26(11-2)16-18-28/h15-18,20-21,23H,7,10-14,19H2,1-6,8-9H3/b32-29+,33-31?. The van der Waals surface area contributed by atoms with Crippen molar-refractivity contribution in [3.8, 4) is 0 Å². The fourth-order valence-electron chi connectivity index (χ4n) is 4.81. The third kappa shape index (κ3) is 6.56. The number of rotatable bonds is 11. The van der Waals surface area contributed by atoms with Gasteiger partial charge in [0.15, 0.2) is 0 Å². The van der Waals surface area contributed by atoms with Gasteiger partial charge in [-0.15, -0.1) is 0 Å². The largest absolute Gasteiger partial charge is 0.297 e. The molecule has 0 aliphatic carbocycles. The molecule has 1 atom stereocenters. The smallest absolute Gasteiger partial charge is 0.0276 e. The van der Waals surface area contributed by atoms with E-state index < -0.39 is 0 Å². The molecule has 33 heavy (non-hydrogen) atoms. The van der Waals surface area contributed by atoms with E-state index in [0.29, 0.717) is 5.92 Å². The lowest BCUT2D eigenvalue weighted by atomic mass is 9.82. The second-order valence-electron chi connectivity index (χ2n) is 9.34. The molecule has 2 aromatic carbocycles. The average molecular weight is 444 g/mol. The van der Waals surface area contributed by atoms with Crippen molar-refractivity contribution in [2.24, 2.45) is 10.9 Å². The number of benzene rings is 2. The maximum atomic E-state index is 4.66. The van der Waals surface area contributed by atoms with Crippen molar-refractivity contribution in [2.75, 3.05) is 7.05 Å². The molecule has 0 aromatic heterocycles.